The largest absolute Gasteiger partial charge is 0.491 e. The zero-order chi connectivity index (χ0) is 16.9. The van der Waals surface area contributed by atoms with Crippen molar-refractivity contribution in [1.29, 1.82) is 0 Å². The number of nitrogens with zero attached hydrogens (tertiary/aromatic N) is 2. The number of hydrogen-bond donors (Lipinski definition) is 0. The number of morpholine rings is 1. The highest BCUT2D eigenvalue weighted by molar-refractivity contribution is 6.30. The second kappa shape index (κ2) is 8.19. The van der Waals surface area contributed by atoms with Crippen LogP contribution in [0.15, 0.2) is 18.2 Å². The van der Waals surface area contributed by atoms with E-state index >= 15 is 0 Å². The van der Waals surface area contributed by atoms with E-state index in [0.29, 0.717) is 37.2 Å². The van der Waals surface area contributed by atoms with Crippen molar-refractivity contribution in [2.75, 3.05) is 39.5 Å². The van der Waals surface area contributed by atoms with Gasteiger partial charge in [0, 0.05) is 42.7 Å². The number of ether oxygens (including phenoxy) is 2. The summed E-state index contributed by atoms with van der Waals surface area (Å²) < 4.78 is 11.1. The SMILES string of the molecule is C[C@H](CCC(=O)N1CCOc2ccc(Cl)cc2C1)N1CCOCC1. The number of carbonyl (C=O) groups is 1. The third-order valence-corrected chi connectivity index (χ3v) is 5.04. The van der Waals surface area contributed by atoms with Gasteiger partial charge in [0.15, 0.2) is 0 Å². The highest BCUT2D eigenvalue weighted by Crippen LogP contribution is 2.26. The molecule has 1 saturated heterocycles. The van der Waals surface area contributed by atoms with Crippen LogP contribution in [0.25, 0.3) is 0 Å². The van der Waals surface area contributed by atoms with Crippen LogP contribution in [-0.4, -0.2) is 61.2 Å². The Bertz CT molecular complexity index is 575. The maximum Gasteiger partial charge on any atom is 0.223 e. The molecule has 0 saturated carbocycles. The third kappa shape index (κ3) is 4.41. The molecule has 1 amide bonds. The van der Waals surface area contributed by atoms with E-state index in [9.17, 15) is 4.79 Å². The molecular formula is C18H25ClN2O3. The molecule has 2 aliphatic rings. The van der Waals surface area contributed by atoms with Crippen LogP contribution in [0.2, 0.25) is 5.02 Å². The lowest BCUT2D eigenvalue weighted by Gasteiger charge is -2.32. The van der Waals surface area contributed by atoms with Gasteiger partial charge in [0.1, 0.15) is 12.4 Å². The van der Waals surface area contributed by atoms with Crippen LogP contribution in [0.5, 0.6) is 5.75 Å². The molecule has 6 heteroatoms. The molecule has 0 spiro atoms. The van der Waals surface area contributed by atoms with E-state index in [-0.39, 0.29) is 5.91 Å². The second-order valence-electron chi connectivity index (χ2n) is 6.45. The predicted molar refractivity (Wildman–Crippen MR) is 93.5 cm³/mol. The van der Waals surface area contributed by atoms with Crippen molar-refractivity contribution in [1.82, 2.24) is 9.80 Å². The Morgan fingerprint density at radius 2 is 2.04 bits per heavy atom. The average molecular weight is 353 g/mol. The van der Waals surface area contributed by atoms with Crippen molar-refractivity contribution in [2.24, 2.45) is 0 Å². The van der Waals surface area contributed by atoms with Crippen LogP contribution < -0.4 is 4.74 Å². The summed E-state index contributed by atoms with van der Waals surface area (Å²) in [5.41, 5.74) is 0.981. The van der Waals surface area contributed by atoms with E-state index in [1.807, 2.05) is 23.1 Å². The van der Waals surface area contributed by atoms with Crippen molar-refractivity contribution in [3.05, 3.63) is 28.8 Å². The number of rotatable bonds is 4. The fourth-order valence-electron chi connectivity index (χ4n) is 3.27. The van der Waals surface area contributed by atoms with Gasteiger partial charge in [-0.3, -0.25) is 9.69 Å². The Kier molecular flexibility index (Phi) is 5.98. The summed E-state index contributed by atoms with van der Waals surface area (Å²) in [5.74, 6) is 1.02. The van der Waals surface area contributed by atoms with E-state index < -0.39 is 0 Å². The summed E-state index contributed by atoms with van der Waals surface area (Å²) in [5, 5.41) is 0.674. The third-order valence-electron chi connectivity index (χ3n) is 4.80. The number of carbonyl (C=O) groups excluding carboxylic acids is 1. The minimum Gasteiger partial charge on any atom is -0.491 e. The fourth-order valence-corrected chi connectivity index (χ4v) is 3.46. The molecule has 0 aliphatic carbocycles. The molecule has 0 N–H and O–H groups in total. The number of benzene rings is 1. The first-order chi connectivity index (χ1) is 11.6. The van der Waals surface area contributed by atoms with E-state index in [0.717, 1.165) is 44.0 Å². The first-order valence-electron chi connectivity index (χ1n) is 8.64. The minimum atomic E-state index is 0.187. The van der Waals surface area contributed by atoms with Gasteiger partial charge in [-0.05, 0) is 31.5 Å². The van der Waals surface area contributed by atoms with Gasteiger partial charge < -0.3 is 14.4 Å². The molecule has 2 aliphatic heterocycles. The molecule has 1 fully saturated rings. The van der Waals surface area contributed by atoms with Gasteiger partial charge in [-0.2, -0.15) is 0 Å². The van der Waals surface area contributed by atoms with E-state index in [4.69, 9.17) is 21.1 Å². The molecule has 1 aromatic rings. The Balaban J connectivity index is 1.54. The van der Waals surface area contributed by atoms with E-state index in [2.05, 4.69) is 11.8 Å². The normalized spacial score (nSPS) is 20.0. The van der Waals surface area contributed by atoms with Crippen LogP contribution in [-0.2, 0) is 16.1 Å². The molecule has 132 valence electrons. The Labute approximate surface area is 148 Å². The zero-order valence-electron chi connectivity index (χ0n) is 14.2. The summed E-state index contributed by atoms with van der Waals surface area (Å²) in [6, 6.07) is 6.00. The van der Waals surface area contributed by atoms with Crippen LogP contribution in [0, 0.1) is 0 Å². The van der Waals surface area contributed by atoms with Gasteiger partial charge in [-0.1, -0.05) is 11.6 Å². The lowest BCUT2D eigenvalue weighted by Crippen LogP contribution is -2.42. The van der Waals surface area contributed by atoms with Gasteiger partial charge >= 0.3 is 0 Å². The molecule has 24 heavy (non-hydrogen) atoms. The van der Waals surface area contributed by atoms with Crippen LogP contribution >= 0.6 is 11.6 Å². The van der Waals surface area contributed by atoms with Crippen LogP contribution in [0.1, 0.15) is 25.3 Å². The molecular weight excluding hydrogens is 328 g/mol. The molecule has 0 aromatic heterocycles. The van der Waals surface area contributed by atoms with Crippen LogP contribution in [0.3, 0.4) is 0 Å². The number of fused-ring (bicyclic) bond motifs is 1. The second-order valence-corrected chi connectivity index (χ2v) is 6.89. The van der Waals surface area contributed by atoms with Gasteiger partial charge in [0.05, 0.1) is 19.8 Å². The summed E-state index contributed by atoms with van der Waals surface area (Å²) in [6.07, 6.45) is 1.44. The summed E-state index contributed by atoms with van der Waals surface area (Å²) in [6.45, 7) is 7.41. The molecule has 5 nitrogen and oxygen atoms in total. The average Bonchev–Trinajstić information content (AvgIpc) is 2.82. The minimum absolute atomic E-state index is 0.187. The topological polar surface area (TPSA) is 42.0 Å². The monoisotopic (exact) mass is 352 g/mol. The summed E-state index contributed by atoms with van der Waals surface area (Å²) in [4.78, 5) is 16.9. The fraction of sp³-hybridized carbons (Fsp3) is 0.611. The zero-order valence-corrected chi connectivity index (χ0v) is 14.9. The maximum atomic E-state index is 12.6. The first-order valence-corrected chi connectivity index (χ1v) is 9.02. The van der Waals surface area contributed by atoms with Gasteiger partial charge in [-0.25, -0.2) is 0 Å². The van der Waals surface area contributed by atoms with Crippen LogP contribution in [0.4, 0.5) is 0 Å². The Morgan fingerprint density at radius 1 is 1.25 bits per heavy atom. The van der Waals surface area contributed by atoms with Crippen molar-refractivity contribution >= 4 is 17.5 Å². The molecule has 0 unspecified atom stereocenters. The molecule has 2 heterocycles. The van der Waals surface area contributed by atoms with E-state index in [1.165, 1.54) is 0 Å². The quantitative estimate of drug-likeness (QED) is 0.835. The highest BCUT2D eigenvalue weighted by atomic mass is 35.5. The number of hydrogen-bond acceptors (Lipinski definition) is 4. The van der Waals surface area contributed by atoms with E-state index in [1.54, 1.807) is 0 Å². The van der Waals surface area contributed by atoms with Crippen molar-refractivity contribution in [2.45, 2.75) is 32.4 Å². The predicted octanol–water partition coefficient (Wildman–Crippen LogP) is 2.56. The van der Waals surface area contributed by atoms with Gasteiger partial charge in [0.25, 0.3) is 0 Å². The molecule has 1 aromatic carbocycles. The molecule has 3 rings (SSSR count). The van der Waals surface area contributed by atoms with Gasteiger partial charge in [0.2, 0.25) is 5.91 Å². The van der Waals surface area contributed by atoms with Crippen molar-refractivity contribution in [3.63, 3.8) is 0 Å². The van der Waals surface area contributed by atoms with Gasteiger partial charge in [-0.15, -0.1) is 0 Å². The molecule has 0 radical (unpaired) electrons. The van der Waals surface area contributed by atoms with Crippen molar-refractivity contribution < 1.29 is 14.3 Å². The number of amides is 1. The highest BCUT2D eigenvalue weighted by Gasteiger charge is 2.22. The summed E-state index contributed by atoms with van der Waals surface area (Å²) in [7, 11) is 0. The van der Waals surface area contributed by atoms with Crippen molar-refractivity contribution in [3.8, 4) is 5.75 Å². The Morgan fingerprint density at radius 3 is 2.83 bits per heavy atom. The molecule has 0 bridgehead atoms. The number of halogens is 1. The first kappa shape index (κ1) is 17.5. The maximum absolute atomic E-state index is 12.6. The smallest absolute Gasteiger partial charge is 0.223 e. The summed E-state index contributed by atoms with van der Waals surface area (Å²) >= 11 is 6.07. The standard InChI is InChI=1S/C18H25ClN2O3/c1-14(20-6-9-23-10-7-20)2-5-18(22)21-8-11-24-17-4-3-16(19)12-15(17)13-21/h3-4,12,14H,2,5-11,13H2,1H3/t14-/m1/s1. The molecule has 1 atom stereocenters. The Hall–Kier alpha value is -1.30. The lowest BCUT2D eigenvalue weighted by molar-refractivity contribution is -0.132. The lowest BCUT2D eigenvalue weighted by atomic mass is 10.1.